The van der Waals surface area contributed by atoms with Gasteiger partial charge >= 0.3 is 7.12 Å². The van der Waals surface area contributed by atoms with E-state index in [0.29, 0.717) is 23.7 Å². The number of benzene rings is 2. The summed E-state index contributed by atoms with van der Waals surface area (Å²) in [5.41, 5.74) is 0.346. The van der Waals surface area contributed by atoms with Crippen LogP contribution in [0.3, 0.4) is 0 Å². The zero-order chi connectivity index (χ0) is 22.8. The first-order valence-electron chi connectivity index (χ1n) is 9.87. The lowest BCUT2D eigenvalue weighted by molar-refractivity contribution is 0.0902. The second kappa shape index (κ2) is 9.74. The fourth-order valence-corrected chi connectivity index (χ4v) is 4.58. The minimum Gasteiger partial charge on any atom is -0.453 e. The number of ether oxygens (including phenoxy) is 2. The first-order chi connectivity index (χ1) is 14.6. The molecule has 0 saturated carbocycles. The zero-order valence-corrected chi connectivity index (χ0v) is 19.8. The molecular weight excluding hydrogens is 439 g/mol. The summed E-state index contributed by atoms with van der Waals surface area (Å²) in [6, 6.07) is 7.82. The van der Waals surface area contributed by atoms with E-state index in [9.17, 15) is 14.4 Å². The van der Waals surface area contributed by atoms with Gasteiger partial charge in [-0.3, -0.25) is 0 Å². The SMILES string of the molecule is CSc1c(Oc2ccc(F)c(B(O)O)c2)c(F)cc2c1ccn2COCC[Si](C)(C)C. The molecule has 1 heterocycles. The van der Waals surface area contributed by atoms with Gasteiger partial charge in [-0.1, -0.05) is 19.6 Å². The number of nitrogens with zero attached hydrogens (tertiary/aromatic N) is 1. The normalized spacial score (nSPS) is 11.9. The number of hydrogen-bond donors (Lipinski definition) is 2. The number of hydrogen-bond acceptors (Lipinski definition) is 5. The van der Waals surface area contributed by atoms with Gasteiger partial charge in [0.1, 0.15) is 18.3 Å². The van der Waals surface area contributed by atoms with Crippen molar-refractivity contribution in [3.05, 3.63) is 48.2 Å². The van der Waals surface area contributed by atoms with Crippen molar-refractivity contribution in [2.24, 2.45) is 0 Å². The third-order valence-electron chi connectivity index (χ3n) is 4.83. The van der Waals surface area contributed by atoms with Gasteiger partial charge in [0.15, 0.2) is 11.6 Å². The van der Waals surface area contributed by atoms with E-state index < -0.39 is 26.8 Å². The summed E-state index contributed by atoms with van der Waals surface area (Å²) in [7, 11) is -3.18. The van der Waals surface area contributed by atoms with Gasteiger partial charge in [0.2, 0.25) is 0 Å². The van der Waals surface area contributed by atoms with Crippen LogP contribution in [-0.4, -0.2) is 42.7 Å². The Hall–Kier alpha value is -1.85. The molecule has 0 bridgehead atoms. The van der Waals surface area contributed by atoms with E-state index >= 15 is 4.39 Å². The van der Waals surface area contributed by atoms with Crippen LogP contribution in [0.25, 0.3) is 10.9 Å². The molecule has 1 aromatic heterocycles. The minimum atomic E-state index is -1.99. The number of aromatic nitrogens is 1. The third-order valence-corrected chi connectivity index (χ3v) is 7.35. The molecule has 3 rings (SSSR count). The van der Waals surface area contributed by atoms with E-state index in [1.165, 1.54) is 23.9 Å². The summed E-state index contributed by atoms with van der Waals surface area (Å²) in [6.07, 6.45) is 3.66. The standard InChI is InChI=1S/C21H26BF2NO4SSi/c1-30-21-15-7-8-25(13-28-9-10-31(2,3)4)19(15)12-18(24)20(21)29-14-5-6-17(23)16(11-14)22(26)27/h5-8,11-12,26-27H,9-10,13H2,1-4H3. The highest BCUT2D eigenvalue weighted by molar-refractivity contribution is 7.99. The van der Waals surface area contributed by atoms with Crippen molar-refractivity contribution < 1.29 is 28.3 Å². The fraction of sp³-hybridized carbons (Fsp3) is 0.333. The summed E-state index contributed by atoms with van der Waals surface area (Å²) >= 11 is 1.33. The van der Waals surface area contributed by atoms with Crippen molar-refractivity contribution in [2.45, 2.75) is 37.3 Å². The van der Waals surface area contributed by atoms with Gasteiger partial charge < -0.3 is 24.1 Å². The Balaban J connectivity index is 1.89. The molecule has 10 heteroatoms. The van der Waals surface area contributed by atoms with E-state index in [0.717, 1.165) is 23.6 Å². The maximum atomic E-state index is 15.0. The van der Waals surface area contributed by atoms with Crippen LogP contribution in [0.15, 0.2) is 41.4 Å². The molecule has 5 nitrogen and oxygen atoms in total. The minimum absolute atomic E-state index is 0.00221. The van der Waals surface area contributed by atoms with Gasteiger partial charge in [0.25, 0.3) is 0 Å². The maximum absolute atomic E-state index is 15.0. The highest BCUT2D eigenvalue weighted by atomic mass is 32.2. The summed E-state index contributed by atoms with van der Waals surface area (Å²) in [5.74, 6) is -1.25. The van der Waals surface area contributed by atoms with Crippen LogP contribution in [0.2, 0.25) is 25.7 Å². The molecular formula is C21H26BF2NO4SSi. The van der Waals surface area contributed by atoms with Gasteiger partial charge in [-0.05, 0) is 36.6 Å². The van der Waals surface area contributed by atoms with E-state index in [4.69, 9.17) is 9.47 Å². The van der Waals surface area contributed by atoms with Crippen LogP contribution >= 0.6 is 11.8 Å². The van der Waals surface area contributed by atoms with Crippen molar-refractivity contribution in [2.75, 3.05) is 12.9 Å². The molecule has 0 aliphatic rings. The van der Waals surface area contributed by atoms with E-state index in [1.807, 2.05) is 23.1 Å². The van der Waals surface area contributed by atoms with Crippen molar-refractivity contribution in [1.29, 1.82) is 0 Å². The van der Waals surface area contributed by atoms with Crippen LogP contribution in [-0.2, 0) is 11.5 Å². The molecule has 0 atom stereocenters. The number of halogens is 2. The van der Waals surface area contributed by atoms with Crippen LogP contribution in [0, 0.1) is 11.6 Å². The average molecular weight is 465 g/mol. The maximum Gasteiger partial charge on any atom is 0.491 e. The Morgan fingerprint density at radius 3 is 2.48 bits per heavy atom. The summed E-state index contributed by atoms with van der Waals surface area (Å²) in [4.78, 5) is 0.589. The number of fused-ring (bicyclic) bond motifs is 1. The number of thioether (sulfide) groups is 1. The lowest BCUT2D eigenvalue weighted by atomic mass is 9.80. The van der Waals surface area contributed by atoms with Gasteiger partial charge in [-0.25, -0.2) is 8.78 Å². The molecule has 2 aromatic carbocycles. The van der Waals surface area contributed by atoms with Crippen molar-refractivity contribution in [3.63, 3.8) is 0 Å². The van der Waals surface area contributed by atoms with Gasteiger partial charge in [0, 0.05) is 37.8 Å². The first kappa shape index (κ1) is 23.8. The molecule has 0 aliphatic carbocycles. The molecule has 0 fully saturated rings. The Morgan fingerprint density at radius 1 is 1.10 bits per heavy atom. The third kappa shape index (κ3) is 5.69. The summed E-state index contributed by atoms with van der Waals surface area (Å²) in [6.45, 7) is 7.85. The van der Waals surface area contributed by atoms with Crippen LogP contribution < -0.4 is 10.2 Å². The molecule has 0 radical (unpaired) electrons. The molecule has 0 unspecified atom stereocenters. The Kier molecular flexibility index (Phi) is 7.48. The molecule has 3 aromatic rings. The largest absolute Gasteiger partial charge is 0.491 e. The predicted molar refractivity (Wildman–Crippen MR) is 124 cm³/mol. The second-order valence-corrected chi connectivity index (χ2v) is 14.9. The topological polar surface area (TPSA) is 63.8 Å². The number of rotatable bonds is 9. The van der Waals surface area contributed by atoms with E-state index in [1.54, 1.807) is 0 Å². The molecule has 0 spiro atoms. The molecule has 0 amide bonds. The van der Waals surface area contributed by atoms with Crippen LogP contribution in [0.4, 0.5) is 8.78 Å². The fourth-order valence-electron chi connectivity index (χ4n) is 3.11. The first-order valence-corrected chi connectivity index (χ1v) is 14.8. The molecule has 31 heavy (non-hydrogen) atoms. The van der Waals surface area contributed by atoms with E-state index in [-0.39, 0.29) is 17.0 Å². The molecule has 2 N–H and O–H groups in total. The van der Waals surface area contributed by atoms with Gasteiger partial charge in [-0.2, -0.15) is 0 Å². The summed E-state index contributed by atoms with van der Waals surface area (Å²) in [5, 5.41) is 19.4. The van der Waals surface area contributed by atoms with E-state index in [2.05, 4.69) is 19.6 Å². The molecule has 0 saturated heterocycles. The zero-order valence-electron chi connectivity index (χ0n) is 18.0. The monoisotopic (exact) mass is 465 g/mol. The van der Waals surface area contributed by atoms with Crippen LogP contribution in [0.5, 0.6) is 11.5 Å². The average Bonchev–Trinajstić information content (AvgIpc) is 3.08. The molecule has 166 valence electrons. The van der Waals surface area contributed by atoms with Crippen molar-refractivity contribution in [3.8, 4) is 11.5 Å². The summed E-state index contributed by atoms with van der Waals surface area (Å²) < 4.78 is 42.1. The van der Waals surface area contributed by atoms with Gasteiger partial charge in [-0.15, -0.1) is 11.8 Å². The van der Waals surface area contributed by atoms with Gasteiger partial charge in [0.05, 0.1) is 10.4 Å². The van der Waals surface area contributed by atoms with Crippen molar-refractivity contribution in [1.82, 2.24) is 4.57 Å². The smallest absolute Gasteiger partial charge is 0.453 e. The Bertz CT molecular complexity index is 1070. The van der Waals surface area contributed by atoms with Crippen molar-refractivity contribution >= 4 is 43.3 Å². The second-order valence-electron chi connectivity index (χ2n) is 8.45. The highest BCUT2D eigenvalue weighted by Gasteiger charge is 2.21. The quantitative estimate of drug-likeness (QED) is 0.278. The predicted octanol–water partition coefficient (Wildman–Crippen LogP) is 4.43. The Labute approximate surface area is 186 Å². The Morgan fingerprint density at radius 2 is 1.84 bits per heavy atom. The van der Waals surface area contributed by atoms with Crippen LogP contribution in [0.1, 0.15) is 0 Å². The molecule has 0 aliphatic heterocycles. The highest BCUT2D eigenvalue weighted by Crippen LogP contribution is 2.40. The lowest BCUT2D eigenvalue weighted by Gasteiger charge is -2.16. The lowest BCUT2D eigenvalue weighted by Crippen LogP contribution is -2.32.